The molecule has 0 amide bonds. The number of hydrogen-bond donors (Lipinski definition) is 1. The molecule has 2 aliphatic heterocycles. The molecule has 2 nitrogen and oxygen atoms in total. The van der Waals surface area contributed by atoms with E-state index >= 15 is 0 Å². The Bertz CT molecular complexity index is 474. The van der Waals surface area contributed by atoms with Crippen LogP contribution in [0.5, 0.6) is 5.75 Å². The van der Waals surface area contributed by atoms with Gasteiger partial charge in [-0.1, -0.05) is 6.07 Å². The molecule has 1 atom stereocenters. The van der Waals surface area contributed by atoms with Crippen molar-refractivity contribution in [2.75, 3.05) is 13.2 Å². The van der Waals surface area contributed by atoms with Crippen molar-refractivity contribution >= 4 is 0 Å². The monoisotopic (exact) mass is 243 g/mol. The number of nitrogens with one attached hydrogen (secondary N) is 1. The van der Waals surface area contributed by atoms with Gasteiger partial charge in [-0.3, -0.25) is 0 Å². The molecule has 1 saturated heterocycles. The molecule has 2 heteroatoms. The molecule has 0 aromatic heterocycles. The Hall–Kier alpha value is -1.02. The van der Waals surface area contributed by atoms with E-state index < -0.39 is 0 Å². The van der Waals surface area contributed by atoms with Gasteiger partial charge in [0.2, 0.25) is 0 Å². The maximum absolute atomic E-state index is 5.89. The van der Waals surface area contributed by atoms with Crippen LogP contribution in [0.2, 0.25) is 0 Å². The van der Waals surface area contributed by atoms with E-state index in [0.717, 1.165) is 13.0 Å². The van der Waals surface area contributed by atoms with Crippen molar-refractivity contribution in [3.8, 4) is 5.75 Å². The SMILES string of the molecule is c1c2c(c3c(c1[C@@H]1CCCN1)CCCC3)OCC2. The Morgan fingerprint density at radius 3 is 2.78 bits per heavy atom. The zero-order valence-corrected chi connectivity index (χ0v) is 10.9. The molecule has 1 N–H and O–H groups in total. The van der Waals surface area contributed by atoms with E-state index in [1.54, 1.807) is 16.7 Å². The van der Waals surface area contributed by atoms with E-state index in [2.05, 4.69) is 11.4 Å². The zero-order valence-electron chi connectivity index (χ0n) is 10.9. The molecule has 0 spiro atoms. The minimum absolute atomic E-state index is 0.614. The lowest BCUT2D eigenvalue weighted by atomic mass is 9.83. The summed E-state index contributed by atoms with van der Waals surface area (Å²) in [6, 6.07) is 3.07. The maximum Gasteiger partial charge on any atom is 0.126 e. The molecule has 0 bridgehead atoms. The molecule has 3 aliphatic rings. The Morgan fingerprint density at radius 1 is 1.06 bits per heavy atom. The van der Waals surface area contributed by atoms with Gasteiger partial charge in [-0.05, 0) is 67.3 Å². The molecule has 2 heterocycles. The van der Waals surface area contributed by atoms with Crippen LogP contribution in [0.3, 0.4) is 0 Å². The normalized spacial score (nSPS) is 25.7. The maximum atomic E-state index is 5.89. The first-order chi connectivity index (χ1) is 8.93. The first-order valence-electron chi connectivity index (χ1n) is 7.47. The summed E-state index contributed by atoms with van der Waals surface area (Å²) in [7, 11) is 0. The predicted octanol–water partition coefficient (Wildman–Crippen LogP) is 2.92. The molecule has 0 saturated carbocycles. The van der Waals surface area contributed by atoms with Crippen LogP contribution in [0, 0.1) is 0 Å². The van der Waals surface area contributed by atoms with E-state index in [1.165, 1.54) is 56.4 Å². The van der Waals surface area contributed by atoms with Gasteiger partial charge < -0.3 is 10.1 Å². The van der Waals surface area contributed by atoms with E-state index in [0.29, 0.717) is 6.04 Å². The third-order valence-corrected chi connectivity index (χ3v) is 4.77. The summed E-state index contributed by atoms with van der Waals surface area (Å²) >= 11 is 0. The Balaban J connectivity index is 1.86. The second kappa shape index (κ2) is 4.27. The number of fused-ring (bicyclic) bond motifs is 3. The highest BCUT2D eigenvalue weighted by Crippen LogP contribution is 2.41. The van der Waals surface area contributed by atoms with E-state index in [4.69, 9.17) is 4.74 Å². The topological polar surface area (TPSA) is 21.3 Å². The van der Waals surface area contributed by atoms with Gasteiger partial charge in [0, 0.05) is 12.5 Å². The molecular weight excluding hydrogens is 222 g/mol. The molecule has 96 valence electrons. The lowest BCUT2D eigenvalue weighted by molar-refractivity contribution is 0.351. The standard InChI is InChI=1S/C16H21NO/c1-2-5-13-12(4-1)14(15-6-3-8-17-15)10-11-7-9-18-16(11)13/h10,15,17H,1-9H2/t15-/m0/s1. The summed E-state index contributed by atoms with van der Waals surface area (Å²) in [5.74, 6) is 1.26. The van der Waals surface area contributed by atoms with Crippen LogP contribution >= 0.6 is 0 Å². The Kier molecular flexibility index (Phi) is 2.58. The molecule has 1 aromatic rings. The molecule has 0 radical (unpaired) electrons. The van der Waals surface area contributed by atoms with Crippen LogP contribution in [0.4, 0.5) is 0 Å². The minimum Gasteiger partial charge on any atom is -0.493 e. The van der Waals surface area contributed by atoms with Crippen molar-refractivity contribution in [1.29, 1.82) is 0 Å². The summed E-state index contributed by atoms with van der Waals surface area (Å²) in [6.45, 7) is 2.08. The first-order valence-corrected chi connectivity index (χ1v) is 7.47. The van der Waals surface area contributed by atoms with Gasteiger partial charge in [0.05, 0.1) is 6.61 Å². The molecule has 18 heavy (non-hydrogen) atoms. The van der Waals surface area contributed by atoms with Crippen LogP contribution in [-0.4, -0.2) is 13.2 Å². The largest absolute Gasteiger partial charge is 0.493 e. The van der Waals surface area contributed by atoms with E-state index in [9.17, 15) is 0 Å². The van der Waals surface area contributed by atoms with E-state index in [-0.39, 0.29) is 0 Å². The second-order valence-corrected chi connectivity index (χ2v) is 5.87. The van der Waals surface area contributed by atoms with Crippen LogP contribution in [-0.2, 0) is 19.3 Å². The summed E-state index contributed by atoms with van der Waals surface area (Å²) in [5, 5.41) is 3.67. The molecule has 4 rings (SSSR count). The van der Waals surface area contributed by atoms with Crippen LogP contribution in [0.25, 0.3) is 0 Å². The number of benzene rings is 1. The summed E-state index contributed by atoms with van der Waals surface area (Å²) in [6.07, 6.45) is 8.94. The Labute approximate surface area is 109 Å². The highest BCUT2D eigenvalue weighted by molar-refractivity contribution is 5.54. The number of rotatable bonds is 1. The number of ether oxygens (including phenoxy) is 1. The molecule has 1 aromatic carbocycles. The first kappa shape index (κ1) is 10.9. The van der Waals surface area contributed by atoms with Crippen molar-refractivity contribution in [3.63, 3.8) is 0 Å². The second-order valence-electron chi connectivity index (χ2n) is 5.87. The number of hydrogen-bond acceptors (Lipinski definition) is 2. The van der Waals surface area contributed by atoms with Crippen molar-refractivity contribution < 1.29 is 4.74 Å². The smallest absolute Gasteiger partial charge is 0.126 e. The van der Waals surface area contributed by atoms with Gasteiger partial charge in [-0.25, -0.2) is 0 Å². The van der Waals surface area contributed by atoms with Gasteiger partial charge in [0.25, 0.3) is 0 Å². The third-order valence-electron chi connectivity index (χ3n) is 4.77. The average Bonchev–Trinajstić information content (AvgIpc) is 3.09. The fourth-order valence-electron chi connectivity index (χ4n) is 3.90. The quantitative estimate of drug-likeness (QED) is 0.819. The lowest BCUT2D eigenvalue weighted by Gasteiger charge is -2.25. The van der Waals surface area contributed by atoms with Crippen LogP contribution in [0.1, 0.15) is 54.0 Å². The summed E-state index contributed by atoms with van der Waals surface area (Å²) < 4.78 is 5.89. The summed E-state index contributed by atoms with van der Waals surface area (Å²) in [5.41, 5.74) is 6.26. The van der Waals surface area contributed by atoms with Gasteiger partial charge in [-0.2, -0.15) is 0 Å². The third kappa shape index (κ3) is 1.58. The average molecular weight is 243 g/mol. The molecule has 1 fully saturated rings. The molecule has 0 unspecified atom stereocenters. The highest BCUT2D eigenvalue weighted by atomic mass is 16.5. The molecule has 1 aliphatic carbocycles. The predicted molar refractivity (Wildman–Crippen MR) is 72.3 cm³/mol. The van der Waals surface area contributed by atoms with Crippen LogP contribution < -0.4 is 10.1 Å². The van der Waals surface area contributed by atoms with Crippen molar-refractivity contribution in [2.24, 2.45) is 0 Å². The fraction of sp³-hybridized carbons (Fsp3) is 0.625. The lowest BCUT2D eigenvalue weighted by Crippen LogP contribution is -2.18. The van der Waals surface area contributed by atoms with E-state index in [1.807, 2.05) is 0 Å². The van der Waals surface area contributed by atoms with Gasteiger partial charge in [0.1, 0.15) is 5.75 Å². The Morgan fingerprint density at radius 2 is 1.94 bits per heavy atom. The van der Waals surface area contributed by atoms with Crippen molar-refractivity contribution in [3.05, 3.63) is 28.3 Å². The summed E-state index contributed by atoms with van der Waals surface area (Å²) in [4.78, 5) is 0. The van der Waals surface area contributed by atoms with Gasteiger partial charge >= 0.3 is 0 Å². The van der Waals surface area contributed by atoms with Gasteiger partial charge in [-0.15, -0.1) is 0 Å². The highest BCUT2D eigenvalue weighted by Gasteiger charge is 2.28. The van der Waals surface area contributed by atoms with Gasteiger partial charge in [0.15, 0.2) is 0 Å². The van der Waals surface area contributed by atoms with Crippen LogP contribution in [0.15, 0.2) is 6.07 Å². The molecular formula is C16H21NO. The minimum atomic E-state index is 0.614. The zero-order chi connectivity index (χ0) is 11.9. The van der Waals surface area contributed by atoms with Crippen molar-refractivity contribution in [1.82, 2.24) is 5.32 Å². The van der Waals surface area contributed by atoms with Crippen molar-refractivity contribution in [2.45, 2.75) is 51.0 Å². The fourth-order valence-corrected chi connectivity index (χ4v) is 3.90.